The van der Waals surface area contributed by atoms with Gasteiger partial charge < -0.3 is 4.74 Å². The normalized spacial score (nSPS) is 11.6. The van der Waals surface area contributed by atoms with Crippen LogP contribution in [0.5, 0.6) is 11.8 Å². The molecule has 0 aliphatic carbocycles. The molecule has 1 aromatic carbocycles. The van der Waals surface area contributed by atoms with Gasteiger partial charge in [0.1, 0.15) is 11.3 Å². The van der Waals surface area contributed by atoms with E-state index in [2.05, 4.69) is 15.0 Å². The van der Waals surface area contributed by atoms with Gasteiger partial charge in [-0.3, -0.25) is 9.13 Å². The van der Waals surface area contributed by atoms with E-state index in [1.165, 1.54) is 0 Å². The Labute approximate surface area is 178 Å². The van der Waals surface area contributed by atoms with E-state index in [9.17, 15) is 4.79 Å². The Balaban J connectivity index is 1.55. The van der Waals surface area contributed by atoms with Crippen LogP contribution in [0.25, 0.3) is 28.0 Å². The third kappa shape index (κ3) is 3.07. The van der Waals surface area contributed by atoms with E-state index in [4.69, 9.17) is 4.74 Å². The summed E-state index contributed by atoms with van der Waals surface area (Å²) in [6, 6.07) is 13.5. The molecule has 0 saturated carbocycles. The Kier molecular flexibility index (Phi) is 4.35. The van der Waals surface area contributed by atoms with Crippen molar-refractivity contribution in [1.82, 2.24) is 28.7 Å². The van der Waals surface area contributed by atoms with Crippen LogP contribution in [0.15, 0.2) is 59.7 Å². The molecule has 0 radical (unpaired) electrons. The number of aromatic nitrogens is 6. The number of rotatable bonds is 4. The Morgan fingerprint density at radius 1 is 1.03 bits per heavy atom. The minimum absolute atomic E-state index is 0.0219. The summed E-state index contributed by atoms with van der Waals surface area (Å²) in [6.07, 6.45) is 3.50. The molecule has 0 unspecified atom stereocenters. The van der Waals surface area contributed by atoms with Gasteiger partial charge in [0, 0.05) is 25.5 Å². The second-order valence-corrected chi connectivity index (χ2v) is 7.83. The van der Waals surface area contributed by atoms with Crippen LogP contribution in [0.2, 0.25) is 0 Å². The number of nitrogens with zero attached hydrogens (tertiary/aromatic N) is 6. The molecule has 31 heavy (non-hydrogen) atoms. The summed E-state index contributed by atoms with van der Waals surface area (Å²) < 4.78 is 11.2. The van der Waals surface area contributed by atoms with Gasteiger partial charge in [0.2, 0.25) is 0 Å². The van der Waals surface area contributed by atoms with Crippen LogP contribution >= 0.6 is 0 Å². The summed E-state index contributed by atoms with van der Waals surface area (Å²) in [5.41, 5.74) is 4.61. The highest BCUT2D eigenvalue weighted by molar-refractivity contribution is 5.75. The third-order valence-electron chi connectivity index (χ3n) is 5.26. The molecule has 5 aromatic rings. The first-order valence-corrected chi connectivity index (χ1v) is 10.1. The standard InChI is InChI=1S/C23H22N6O2/c1-14(2)28-19-12-15(3)13-25-21(19)29(23(28)30)16-7-9-17(10-8-16)31-22-26-18-6-5-11-24-20(18)27(22)4/h5-14H,1-4H3. The van der Waals surface area contributed by atoms with Gasteiger partial charge >= 0.3 is 11.7 Å². The summed E-state index contributed by atoms with van der Waals surface area (Å²) in [7, 11) is 1.86. The van der Waals surface area contributed by atoms with E-state index in [1.54, 1.807) is 26.1 Å². The zero-order valence-electron chi connectivity index (χ0n) is 17.8. The van der Waals surface area contributed by atoms with Gasteiger partial charge in [-0.15, -0.1) is 0 Å². The predicted octanol–water partition coefficient (Wildman–Crippen LogP) is 4.15. The molecule has 8 nitrogen and oxygen atoms in total. The number of imidazole rings is 2. The maximum atomic E-state index is 13.2. The van der Waals surface area contributed by atoms with Crippen LogP contribution in [0.3, 0.4) is 0 Å². The van der Waals surface area contributed by atoms with Gasteiger partial charge in [0.15, 0.2) is 11.3 Å². The Morgan fingerprint density at radius 2 is 1.81 bits per heavy atom. The van der Waals surface area contributed by atoms with Crippen molar-refractivity contribution < 1.29 is 4.74 Å². The fourth-order valence-electron chi connectivity index (χ4n) is 3.79. The average molecular weight is 414 g/mol. The second kappa shape index (κ2) is 7.09. The van der Waals surface area contributed by atoms with Gasteiger partial charge in [-0.2, -0.15) is 4.98 Å². The van der Waals surface area contributed by atoms with Crippen LogP contribution in [0, 0.1) is 6.92 Å². The molecule has 0 fully saturated rings. The molecule has 8 heteroatoms. The molecule has 0 amide bonds. The molecule has 0 spiro atoms. The van der Waals surface area contributed by atoms with Crippen LogP contribution in [0.4, 0.5) is 0 Å². The molecule has 0 aliphatic heterocycles. The minimum Gasteiger partial charge on any atom is -0.425 e. The van der Waals surface area contributed by atoms with Crippen molar-refractivity contribution in [1.29, 1.82) is 0 Å². The van der Waals surface area contributed by atoms with Gasteiger partial charge in [-0.1, -0.05) is 0 Å². The van der Waals surface area contributed by atoms with Crippen LogP contribution in [-0.4, -0.2) is 28.7 Å². The number of fused-ring (bicyclic) bond motifs is 2. The van der Waals surface area contributed by atoms with E-state index in [0.29, 0.717) is 17.4 Å². The van der Waals surface area contributed by atoms with Crippen molar-refractivity contribution in [2.45, 2.75) is 26.8 Å². The fourth-order valence-corrected chi connectivity index (χ4v) is 3.79. The van der Waals surface area contributed by atoms with Crippen molar-refractivity contribution in [3.05, 3.63) is 70.9 Å². The SMILES string of the molecule is Cc1cnc2c(c1)n(C(C)C)c(=O)n2-c1ccc(Oc2nc3cccnc3n2C)cc1. The van der Waals surface area contributed by atoms with E-state index >= 15 is 0 Å². The minimum atomic E-state index is -0.113. The van der Waals surface area contributed by atoms with Crippen LogP contribution in [0.1, 0.15) is 25.5 Å². The molecule has 0 bridgehead atoms. The molecular formula is C23H22N6O2. The van der Waals surface area contributed by atoms with Gasteiger partial charge in [0.25, 0.3) is 0 Å². The second-order valence-electron chi connectivity index (χ2n) is 7.83. The van der Waals surface area contributed by atoms with Gasteiger partial charge in [-0.25, -0.2) is 19.3 Å². The molecular weight excluding hydrogens is 392 g/mol. The maximum absolute atomic E-state index is 13.2. The molecule has 156 valence electrons. The van der Waals surface area contributed by atoms with Crippen molar-refractivity contribution in [2.24, 2.45) is 7.05 Å². The number of aryl methyl sites for hydroxylation is 2. The lowest BCUT2D eigenvalue weighted by molar-refractivity contribution is 0.427. The largest absolute Gasteiger partial charge is 0.425 e. The zero-order chi connectivity index (χ0) is 21.7. The van der Waals surface area contributed by atoms with Crippen molar-refractivity contribution in [3.63, 3.8) is 0 Å². The first-order chi connectivity index (χ1) is 14.9. The lowest BCUT2D eigenvalue weighted by Crippen LogP contribution is -2.24. The Morgan fingerprint density at radius 3 is 2.52 bits per heavy atom. The van der Waals surface area contributed by atoms with E-state index in [0.717, 1.165) is 27.9 Å². The number of hydrogen-bond acceptors (Lipinski definition) is 5. The van der Waals surface area contributed by atoms with E-state index < -0.39 is 0 Å². The number of ether oxygens (including phenoxy) is 1. The predicted molar refractivity (Wildman–Crippen MR) is 119 cm³/mol. The first-order valence-electron chi connectivity index (χ1n) is 10.1. The topological polar surface area (TPSA) is 79.8 Å². The molecule has 5 rings (SSSR count). The van der Waals surface area contributed by atoms with Crippen LogP contribution in [-0.2, 0) is 7.05 Å². The highest BCUT2D eigenvalue weighted by atomic mass is 16.5. The lowest BCUT2D eigenvalue weighted by atomic mass is 10.2. The maximum Gasteiger partial charge on any atom is 0.335 e. The van der Waals surface area contributed by atoms with Crippen molar-refractivity contribution in [3.8, 4) is 17.4 Å². The Hall–Kier alpha value is -3.94. The van der Waals surface area contributed by atoms with Gasteiger partial charge in [-0.05, 0) is 68.8 Å². The third-order valence-corrected chi connectivity index (χ3v) is 5.26. The highest BCUT2D eigenvalue weighted by Crippen LogP contribution is 2.26. The number of pyridine rings is 2. The number of hydrogen-bond donors (Lipinski definition) is 0. The average Bonchev–Trinajstić information content (AvgIpc) is 3.22. The number of benzene rings is 1. The molecule has 4 heterocycles. The highest BCUT2D eigenvalue weighted by Gasteiger charge is 2.18. The molecule has 0 aliphatic rings. The molecule has 4 aromatic heterocycles. The van der Waals surface area contributed by atoms with Crippen molar-refractivity contribution in [2.75, 3.05) is 0 Å². The van der Waals surface area contributed by atoms with Gasteiger partial charge in [0.05, 0.1) is 11.2 Å². The smallest absolute Gasteiger partial charge is 0.335 e. The summed E-state index contributed by atoms with van der Waals surface area (Å²) >= 11 is 0. The first kappa shape index (κ1) is 19.0. The van der Waals surface area contributed by atoms with Crippen molar-refractivity contribution >= 4 is 22.3 Å². The van der Waals surface area contributed by atoms with E-state index in [1.807, 2.05) is 70.3 Å². The summed E-state index contributed by atoms with van der Waals surface area (Å²) in [5.74, 6) is 0.617. The van der Waals surface area contributed by atoms with E-state index in [-0.39, 0.29) is 11.7 Å². The quantitative estimate of drug-likeness (QED) is 0.441. The summed E-state index contributed by atoms with van der Waals surface area (Å²) in [5, 5.41) is 0. The Bertz CT molecular complexity index is 1470. The molecule has 0 atom stereocenters. The fraction of sp³-hybridized carbons (Fsp3) is 0.217. The summed E-state index contributed by atoms with van der Waals surface area (Å²) in [4.78, 5) is 26.5. The zero-order valence-corrected chi connectivity index (χ0v) is 17.8. The summed E-state index contributed by atoms with van der Waals surface area (Å²) in [6.45, 7) is 5.97. The monoisotopic (exact) mass is 414 g/mol. The lowest BCUT2D eigenvalue weighted by Gasteiger charge is -2.07. The molecule has 0 N–H and O–H groups in total. The van der Waals surface area contributed by atoms with Crippen LogP contribution < -0.4 is 10.4 Å². The molecule has 0 saturated heterocycles.